The second-order valence-electron chi connectivity index (χ2n) is 6.67. The van der Waals surface area contributed by atoms with Crippen LogP contribution in [0.1, 0.15) is 19.4 Å². The molecule has 2 atom stereocenters. The highest BCUT2D eigenvalue weighted by Crippen LogP contribution is 2.32. The summed E-state index contributed by atoms with van der Waals surface area (Å²) in [6.07, 6.45) is 0. The Kier molecular flexibility index (Phi) is 6.19. The van der Waals surface area contributed by atoms with Crippen molar-refractivity contribution in [1.29, 1.82) is 0 Å². The quantitative estimate of drug-likeness (QED) is 0.780. The molecule has 6 nitrogen and oxygen atoms in total. The number of amides is 1. The molecule has 0 aromatic heterocycles. The molecule has 0 radical (unpaired) electrons. The molecule has 0 aliphatic carbocycles. The molecule has 1 aliphatic heterocycles. The lowest BCUT2D eigenvalue weighted by molar-refractivity contribution is -0.907. The molecule has 2 aromatic carbocycles. The van der Waals surface area contributed by atoms with Gasteiger partial charge in [0.15, 0.2) is 17.5 Å². The van der Waals surface area contributed by atoms with E-state index in [4.69, 9.17) is 14.2 Å². The van der Waals surface area contributed by atoms with Gasteiger partial charge in [0.1, 0.15) is 25.5 Å². The summed E-state index contributed by atoms with van der Waals surface area (Å²) < 4.78 is 16.5. The summed E-state index contributed by atoms with van der Waals surface area (Å²) in [4.78, 5) is 13.7. The molecular weight excluding hydrogens is 344 g/mol. The Morgan fingerprint density at radius 3 is 2.56 bits per heavy atom. The molecule has 2 N–H and O–H groups in total. The van der Waals surface area contributed by atoms with Gasteiger partial charge in [-0.15, -0.1) is 0 Å². The Labute approximate surface area is 160 Å². The monoisotopic (exact) mass is 371 g/mol. The normalized spacial score (nSPS) is 14.9. The third kappa shape index (κ3) is 4.92. The van der Waals surface area contributed by atoms with E-state index in [2.05, 4.69) is 5.32 Å². The number of carbonyl (C=O) groups is 1. The van der Waals surface area contributed by atoms with E-state index in [1.54, 1.807) is 6.07 Å². The molecule has 0 bridgehead atoms. The van der Waals surface area contributed by atoms with Crippen molar-refractivity contribution in [2.75, 3.05) is 32.2 Å². The van der Waals surface area contributed by atoms with Crippen LogP contribution in [0.3, 0.4) is 0 Å². The summed E-state index contributed by atoms with van der Waals surface area (Å²) in [5, 5.41) is 2.97. The zero-order valence-electron chi connectivity index (χ0n) is 16.1. The second kappa shape index (κ2) is 8.77. The molecule has 1 amide bonds. The highest BCUT2D eigenvalue weighted by atomic mass is 16.6. The van der Waals surface area contributed by atoms with Crippen LogP contribution >= 0.6 is 0 Å². The van der Waals surface area contributed by atoms with Crippen LogP contribution in [0.2, 0.25) is 0 Å². The topological polar surface area (TPSA) is 61.2 Å². The van der Waals surface area contributed by atoms with Crippen LogP contribution < -0.4 is 24.4 Å². The Hall–Kier alpha value is -2.73. The number of likely N-dealkylation sites (N-methyl/N-ethyl adjacent to an activating group) is 1. The molecule has 0 spiro atoms. The molecule has 2 aromatic rings. The number of nitrogens with one attached hydrogen (secondary N) is 2. The molecular formula is C21H27N2O4+. The van der Waals surface area contributed by atoms with Gasteiger partial charge in [0.05, 0.1) is 13.7 Å². The summed E-state index contributed by atoms with van der Waals surface area (Å²) in [7, 11) is 2.02. The van der Waals surface area contributed by atoms with Gasteiger partial charge in [-0.25, -0.2) is 0 Å². The summed E-state index contributed by atoms with van der Waals surface area (Å²) in [5.74, 6) is 2.21. The minimum absolute atomic E-state index is 0.0323. The summed E-state index contributed by atoms with van der Waals surface area (Å²) >= 11 is 0. The maximum absolute atomic E-state index is 12.6. The van der Waals surface area contributed by atoms with Crippen molar-refractivity contribution >= 4 is 11.6 Å². The van der Waals surface area contributed by atoms with Gasteiger partial charge in [-0.2, -0.15) is 0 Å². The van der Waals surface area contributed by atoms with Crippen LogP contribution in [-0.4, -0.2) is 38.8 Å². The smallest absolute Gasteiger partial charge is 0.282 e. The predicted octanol–water partition coefficient (Wildman–Crippen LogP) is 1.90. The third-order valence-electron chi connectivity index (χ3n) is 4.66. The van der Waals surface area contributed by atoms with Crippen molar-refractivity contribution < 1.29 is 23.9 Å². The van der Waals surface area contributed by atoms with E-state index in [0.717, 1.165) is 22.8 Å². The van der Waals surface area contributed by atoms with Crippen LogP contribution in [0.4, 0.5) is 5.69 Å². The fourth-order valence-electron chi connectivity index (χ4n) is 2.94. The number of anilines is 1. The average Bonchev–Trinajstić information content (AvgIpc) is 2.69. The molecule has 3 rings (SSSR count). The molecule has 0 saturated heterocycles. The van der Waals surface area contributed by atoms with Crippen molar-refractivity contribution in [3.63, 3.8) is 0 Å². The number of benzene rings is 2. The predicted molar refractivity (Wildman–Crippen MR) is 104 cm³/mol. The van der Waals surface area contributed by atoms with Crippen molar-refractivity contribution in [3.05, 3.63) is 48.0 Å². The van der Waals surface area contributed by atoms with Crippen LogP contribution in [0.5, 0.6) is 17.2 Å². The van der Waals surface area contributed by atoms with Crippen molar-refractivity contribution in [1.82, 2.24) is 0 Å². The number of ether oxygens (including phenoxy) is 3. The van der Waals surface area contributed by atoms with E-state index in [1.165, 1.54) is 0 Å². The maximum Gasteiger partial charge on any atom is 0.282 e. The molecule has 27 heavy (non-hydrogen) atoms. The van der Waals surface area contributed by atoms with Gasteiger partial charge < -0.3 is 24.4 Å². The lowest BCUT2D eigenvalue weighted by atomic mass is 10.1. The first-order valence-electron chi connectivity index (χ1n) is 9.31. The van der Waals surface area contributed by atoms with Gasteiger partial charge in [0, 0.05) is 17.3 Å². The van der Waals surface area contributed by atoms with Crippen LogP contribution in [0.25, 0.3) is 0 Å². The molecule has 144 valence electrons. The lowest BCUT2D eigenvalue weighted by Gasteiger charge is -2.22. The Balaban J connectivity index is 1.57. The Morgan fingerprint density at radius 2 is 1.85 bits per heavy atom. The molecule has 1 unspecified atom stereocenters. The van der Waals surface area contributed by atoms with Gasteiger partial charge in [0.2, 0.25) is 0 Å². The Bertz CT molecular complexity index is 776. The van der Waals surface area contributed by atoms with Crippen LogP contribution in [0, 0.1) is 0 Å². The molecule has 1 aliphatic rings. The van der Waals surface area contributed by atoms with Crippen molar-refractivity contribution in [2.24, 2.45) is 0 Å². The summed E-state index contributed by atoms with van der Waals surface area (Å²) in [6, 6.07) is 13.3. The average molecular weight is 371 g/mol. The van der Waals surface area contributed by atoms with Gasteiger partial charge in [-0.1, -0.05) is 0 Å². The summed E-state index contributed by atoms with van der Waals surface area (Å²) in [6.45, 7) is 6.37. The van der Waals surface area contributed by atoms with E-state index in [9.17, 15) is 4.79 Å². The minimum atomic E-state index is -0.204. The number of quaternary nitrogens is 1. The number of hydrogen-bond donors (Lipinski definition) is 2. The second-order valence-corrected chi connectivity index (χ2v) is 6.67. The zero-order chi connectivity index (χ0) is 19.2. The fourth-order valence-corrected chi connectivity index (χ4v) is 2.94. The van der Waals surface area contributed by atoms with Gasteiger partial charge in [0.25, 0.3) is 5.91 Å². The first-order chi connectivity index (χ1) is 13.1. The number of rotatable bonds is 7. The molecule has 0 saturated carbocycles. The number of hydrogen-bond acceptors (Lipinski definition) is 4. The fraction of sp³-hybridized carbons (Fsp3) is 0.381. The van der Waals surface area contributed by atoms with Gasteiger partial charge in [-0.3, -0.25) is 4.79 Å². The summed E-state index contributed by atoms with van der Waals surface area (Å²) in [5.41, 5.74) is 1.87. The van der Waals surface area contributed by atoms with Crippen LogP contribution in [0.15, 0.2) is 42.5 Å². The highest BCUT2D eigenvalue weighted by molar-refractivity contribution is 5.93. The number of carbonyl (C=O) groups excluding carboxylic acids is 1. The number of fused-ring (bicyclic) bond motifs is 1. The lowest BCUT2D eigenvalue weighted by Crippen LogP contribution is -3.12. The van der Waals surface area contributed by atoms with E-state index in [1.807, 2.05) is 57.3 Å². The standard InChI is InChI=1S/C21H26N2O4/c1-4-25-18-8-5-16(6-9-18)14-23(3)15(2)21(24)22-17-7-10-19-20(13-17)27-12-11-26-19/h5-10,13,15H,4,11-12,14H2,1-3H3,(H,22,24)/p+1/t15-/m0/s1. The van der Waals surface area contributed by atoms with Crippen molar-refractivity contribution in [2.45, 2.75) is 26.4 Å². The van der Waals surface area contributed by atoms with Gasteiger partial charge >= 0.3 is 0 Å². The highest BCUT2D eigenvalue weighted by Gasteiger charge is 2.23. The molecule has 6 heteroatoms. The van der Waals surface area contributed by atoms with E-state index in [-0.39, 0.29) is 11.9 Å². The first kappa shape index (κ1) is 19.0. The Morgan fingerprint density at radius 1 is 1.15 bits per heavy atom. The maximum atomic E-state index is 12.6. The van der Waals surface area contributed by atoms with Gasteiger partial charge in [-0.05, 0) is 50.2 Å². The molecule has 1 heterocycles. The minimum Gasteiger partial charge on any atom is -0.494 e. The molecule has 0 fully saturated rings. The van der Waals surface area contributed by atoms with E-state index >= 15 is 0 Å². The van der Waals surface area contributed by atoms with E-state index in [0.29, 0.717) is 37.0 Å². The SMILES string of the molecule is CCOc1ccc(C[NH+](C)[C@@H](C)C(=O)Nc2ccc3c(c2)OCCO3)cc1. The largest absolute Gasteiger partial charge is 0.494 e. The van der Waals surface area contributed by atoms with E-state index < -0.39 is 0 Å². The first-order valence-corrected chi connectivity index (χ1v) is 9.31. The van der Waals surface area contributed by atoms with Crippen molar-refractivity contribution in [3.8, 4) is 17.2 Å². The van der Waals surface area contributed by atoms with Crippen LogP contribution in [-0.2, 0) is 11.3 Å². The zero-order valence-corrected chi connectivity index (χ0v) is 16.1. The third-order valence-corrected chi connectivity index (χ3v) is 4.66.